The number of hydrogen-bond donors (Lipinski definition) is 2. The fourth-order valence-corrected chi connectivity index (χ4v) is 3.68. The number of amides is 2. The van der Waals surface area contributed by atoms with Gasteiger partial charge >= 0.3 is 17.8 Å². The third kappa shape index (κ3) is 5.92. The molecule has 0 radical (unpaired) electrons. The Kier molecular flexibility index (Phi) is 7.54. The Labute approximate surface area is 213 Å². The molecule has 35 heavy (non-hydrogen) atoms. The smallest absolute Gasteiger partial charge is 0.345 e. The number of rotatable bonds is 5. The van der Waals surface area contributed by atoms with Gasteiger partial charge in [-0.15, -0.1) is 0 Å². The number of benzene rings is 4. The molecule has 2 amide bonds. The van der Waals surface area contributed by atoms with E-state index in [0.717, 1.165) is 15.2 Å². The number of nitrogens with zero attached hydrogens (tertiary/aromatic N) is 1. The number of esters is 1. The molecule has 0 atom stereocenters. The van der Waals surface area contributed by atoms with Gasteiger partial charge in [0.1, 0.15) is 5.75 Å². The fraction of sp³-hybridized carbons (Fsp3) is 0. The van der Waals surface area contributed by atoms with E-state index < -0.39 is 17.8 Å². The number of ether oxygens (including phenoxy) is 1. The first kappa shape index (κ1) is 24.1. The Balaban J connectivity index is 1.54. The number of carbonyl (C=O) groups excluding carboxylic acids is 3. The molecule has 0 saturated heterocycles. The molecule has 0 unspecified atom stereocenters. The highest BCUT2D eigenvalue weighted by atomic mass is 79.9. The maximum absolute atomic E-state index is 12.7. The van der Waals surface area contributed by atoms with Gasteiger partial charge in [-0.2, -0.15) is 5.10 Å². The quantitative estimate of drug-likeness (QED) is 0.112. The summed E-state index contributed by atoms with van der Waals surface area (Å²) in [4.78, 5) is 37.1. The van der Waals surface area contributed by atoms with E-state index in [1.54, 1.807) is 60.7 Å². The SMILES string of the molecule is O=C(NN=Cc1c(OC(=O)c2ccccc2Cl)ccc2ccccc12)C(=O)Nc1ccc(Br)cc1. The maximum Gasteiger partial charge on any atom is 0.345 e. The lowest BCUT2D eigenvalue weighted by atomic mass is 10.0. The van der Waals surface area contributed by atoms with Crippen molar-refractivity contribution in [2.24, 2.45) is 5.10 Å². The molecule has 0 spiro atoms. The Morgan fingerprint density at radius 3 is 2.34 bits per heavy atom. The van der Waals surface area contributed by atoms with Gasteiger partial charge in [0.15, 0.2) is 0 Å². The standard InChI is InChI=1S/C26H17BrClN3O4/c27-17-10-12-18(13-11-17)30-24(32)25(33)31-29-15-21-19-6-2-1-5-16(19)9-14-23(21)35-26(34)20-7-3-4-8-22(20)28/h1-15H,(H,30,32)(H,31,33). The molecule has 174 valence electrons. The number of hydrogen-bond acceptors (Lipinski definition) is 5. The lowest BCUT2D eigenvalue weighted by Crippen LogP contribution is -2.32. The van der Waals surface area contributed by atoms with Crippen molar-refractivity contribution in [3.8, 4) is 5.75 Å². The van der Waals surface area contributed by atoms with E-state index in [2.05, 4.69) is 31.8 Å². The fourth-order valence-electron chi connectivity index (χ4n) is 3.21. The lowest BCUT2D eigenvalue weighted by Gasteiger charge is -2.11. The van der Waals surface area contributed by atoms with Gasteiger partial charge in [-0.3, -0.25) is 9.59 Å². The number of carbonyl (C=O) groups is 3. The van der Waals surface area contributed by atoms with Crippen molar-refractivity contribution in [1.82, 2.24) is 5.43 Å². The van der Waals surface area contributed by atoms with Crippen molar-refractivity contribution < 1.29 is 19.1 Å². The molecule has 0 aliphatic rings. The molecule has 9 heteroatoms. The Morgan fingerprint density at radius 1 is 0.857 bits per heavy atom. The third-order valence-electron chi connectivity index (χ3n) is 4.90. The molecule has 7 nitrogen and oxygen atoms in total. The summed E-state index contributed by atoms with van der Waals surface area (Å²) >= 11 is 9.42. The van der Waals surface area contributed by atoms with E-state index in [1.165, 1.54) is 6.21 Å². The number of nitrogens with one attached hydrogen (secondary N) is 2. The highest BCUT2D eigenvalue weighted by Gasteiger charge is 2.16. The summed E-state index contributed by atoms with van der Waals surface area (Å²) in [6.45, 7) is 0. The molecule has 4 rings (SSSR count). The van der Waals surface area contributed by atoms with Crippen molar-refractivity contribution >= 4 is 68.0 Å². The molecule has 0 saturated carbocycles. The summed E-state index contributed by atoms with van der Waals surface area (Å²) in [7, 11) is 0. The van der Waals surface area contributed by atoms with Gasteiger partial charge < -0.3 is 10.1 Å². The number of anilines is 1. The first-order valence-corrected chi connectivity index (χ1v) is 11.5. The predicted molar refractivity (Wildman–Crippen MR) is 139 cm³/mol. The molecular weight excluding hydrogens is 534 g/mol. The summed E-state index contributed by atoms with van der Waals surface area (Å²) in [5.41, 5.74) is 3.31. The average Bonchev–Trinajstić information content (AvgIpc) is 2.86. The van der Waals surface area contributed by atoms with Crippen LogP contribution in [-0.4, -0.2) is 24.0 Å². The van der Waals surface area contributed by atoms with E-state index in [4.69, 9.17) is 16.3 Å². The van der Waals surface area contributed by atoms with Crippen LogP contribution in [0.4, 0.5) is 5.69 Å². The van der Waals surface area contributed by atoms with Crippen LogP contribution in [-0.2, 0) is 9.59 Å². The minimum atomic E-state index is -0.959. The van der Waals surface area contributed by atoms with Crippen molar-refractivity contribution in [2.45, 2.75) is 0 Å². The van der Waals surface area contributed by atoms with Crippen molar-refractivity contribution in [2.75, 3.05) is 5.32 Å². The average molecular weight is 551 g/mol. The van der Waals surface area contributed by atoms with Gasteiger partial charge in [0.05, 0.1) is 16.8 Å². The van der Waals surface area contributed by atoms with Gasteiger partial charge in [0, 0.05) is 15.7 Å². The molecule has 0 bridgehead atoms. The molecule has 4 aromatic rings. The molecule has 0 aliphatic heterocycles. The zero-order chi connectivity index (χ0) is 24.8. The molecule has 0 heterocycles. The molecule has 0 aliphatic carbocycles. The second-order valence-electron chi connectivity index (χ2n) is 7.23. The van der Waals surface area contributed by atoms with Crippen LogP contribution in [0.1, 0.15) is 15.9 Å². The zero-order valence-corrected chi connectivity index (χ0v) is 20.3. The zero-order valence-electron chi connectivity index (χ0n) is 18.0. The lowest BCUT2D eigenvalue weighted by molar-refractivity contribution is -0.136. The van der Waals surface area contributed by atoms with E-state index in [9.17, 15) is 14.4 Å². The highest BCUT2D eigenvalue weighted by Crippen LogP contribution is 2.28. The Morgan fingerprint density at radius 2 is 1.57 bits per heavy atom. The molecule has 2 N–H and O–H groups in total. The molecule has 4 aromatic carbocycles. The van der Waals surface area contributed by atoms with Crippen LogP contribution >= 0.6 is 27.5 Å². The van der Waals surface area contributed by atoms with Gasteiger partial charge in [-0.05, 0) is 53.2 Å². The van der Waals surface area contributed by atoms with Crippen LogP contribution in [0.2, 0.25) is 5.02 Å². The van der Waals surface area contributed by atoms with Gasteiger partial charge in [0.25, 0.3) is 0 Å². The monoisotopic (exact) mass is 549 g/mol. The second kappa shape index (κ2) is 10.9. The summed E-state index contributed by atoms with van der Waals surface area (Å²) in [5, 5.41) is 8.26. The maximum atomic E-state index is 12.7. The second-order valence-corrected chi connectivity index (χ2v) is 8.55. The summed E-state index contributed by atoms with van der Waals surface area (Å²) in [6, 6.07) is 24.1. The molecule has 0 aromatic heterocycles. The predicted octanol–water partition coefficient (Wildman–Crippen LogP) is 5.56. The molecule has 0 fully saturated rings. The number of fused-ring (bicyclic) bond motifs is 1. The van der Waals surface area contributed by atoms with Crippen LogP contribution in [0, 0.1) is 0 Å². The topological polar surface area (TPSA) is 96.9 Å². The van der Waals surface area contributed by atoms with Crippen LogP contribution < -0.4 is 15.5 Å². The van der Waals surface area contributed by atoms with Crippen LogP contribution in [0.3, 0.4) is 0 Å². The van der Waals surface area contributed by atoms with Crippen molar-refractivity contribution in [3.05, 3.63) is 106 Å². The summed E-state index contributed by atoms with van der Waals surface area (Å²) in [5.74, 6) is -2.27. The van der Waals surface area contributed by atoms with E-state index in [-0.39, 0.29) is 16.3 Å². The number of hydrazone groups is 1. The van der Waals surface area contributed by atoms with Crippen molar-refractivity contribution in [3.63, 3.8) is 0 Å². The van der Waals surface area contributed by atoms with Crippen LogP contribution in [0.15, 0.2) is 94.5 Å². The van der Waals surface area contributed by atoms with E-state index >= 15 is 0 Å². The Bertz CT molecular complexity index is 1450. The van der Waals surface area contributed by atoms with E-state index in [1.807, 2.05) is 24.3 Å². The van der Waals surface area contributed by atoms with Crippen LogP contribution in [0.25, 0.3) is 10.8 Å². The van der Waals surface area contributed by atoms with Gasteiger partial charge in [-0.25, -0.2) is 10.2 Å². The van der Waals surface area contributed by atoms with Gasteiger partial charge in [-0.1, -0.05) is 70.0 Å². The number of halogens is 2. The first-order chi connectivity index (χ1) is 16.9. The minimum absolute atomic E-state index is 0.211. The summed E-state index contributed by atoms with van der Waals surface area (Å²) < 4.78 is 6.44. The summed E-state index contributed by atoms with van der Waals surface area (Å²) in [6.07, 6.45) is 1.32. The van der Waals surface area contributed by atoms with Gasteiger partial charge in [0.2, 0.25) is 0 Å². The largest absolute Gasteiger partial charge is 0.422 e. The van der Waals surface area contributed by atoms with Crippen molar-refractivity contribution in [1.29, 1.82) is 0 Å². The first-order valence-electron chi connectivity index (χ1n) is 10.3. The normalized spacial score (nSPS) is 10.8. The molecular formula is C26H17BrClN3O4. The van der Waals surface area contributed by atoms with Crippen LogP contribution in [0.5, 0.6) is 5.75 Å². The highest BCUT2D eigenvalue weighted by molar-refractivity contribution is 9.10. The third-order valence-corrected chi connectivity index (χ3v) is 5.75. The van der Waals surface area contributed by atoms with E-state index in [0.29, 0.717) is 11.3 Å². The Hall–Kier alpha value is -4.01. The minimum Gasteiger partial charge on any atom is -0.422 e.